The van der Waals surface area contributed by atoms with Crippen LogP contribution in [0.25, 0.3) is 0 Å². The monoisotopic (exact) mass is 352 g/mol. The molecule has 20 heavy (non-hydrogen) atoms. The van der Waals surface area contributed by atoms with Gasteiger partial charge in [0.25, 0.3) is 5.69 Å². The lowest BCUT2D eigenvalue weighted by atomic mass is 10.1. The highest BCUT2D eigenvalue weighted by Crippen LogP contribution is 2.33. The maximum atomic E-state index is 10.6. The van der Waals surface area contributed by atoms with Gasteiger partial charge in [-0.2, -0.15) is 0 Å². The van der Waals surface area contributed by atoms with Crippen LogP contribution in [0.5, 0.6) is 0 Å². The van der Waals surface area contributed by atoms with Crippen LogP contribution in [0.4, 0.5) is 5.69 Å². The van der Waals surface area contributed by atoms with Crippen molar-refractivity contribution in [2.24, 2.45) is 5.73 Å². The van der Waals surface area contributed by atoms with Crippen molar-refractivity contribution in [2.45, 2.75) is 22.8 Å². The van der Waals surface area contributed by atoms with E-state index in [1.54, 1.807) is 23.9 Å². The van der Waals surface area contributed by atoms with Gasteiger partial charge >= 0.3 is 0 Å². The molecule has 0 spiro atoms. The number of rotatable bonds is 4. The van der Waals surface area contributed by atoms with E-state index >= 15 is 0 Å². The van der Waals surface area contributed by atoms with Crippen molar-refractivity contribution in [1.82, 2.24) is 0 Å². The third-order valence-electron chi connectivity index (χ3n) is 2.75. The Morgan fingerprint density at radius 2 is 1.80 bits per heavy atom. The molecule has 0 aliphatic rings. The number of nitrogens with two attached hydrogens (primary N) is 1. The van der Waals surface area contributed by atoms with Crippen molar-refractivity contribution >= 4 is 33.4 Å². The van der Waals surface area contributed by atoms with Crippen LogP contribution < -0.4 is 5.73 Å². The van der Waals surface area contributed by atoms with E-state index in [2.05, 4.69) is 15.9 Å². The van der Waals surface area contributed by atoms with Gasteiger partial charge in [-0.1, -0.05) is 33.8 Å². The summed E-state index contributed by atoms with van der Waals surface area (Å²) in [5, 5.41) is 10.6. The van der Waals surface area contributed by atoms with E-state index in [0.29, 0.717) is 0 Å². The standard InChI is InChI=1S/C14H13BrN2O2S/c1-9(16)13-7-6-12(8-14(13)15)20-11-4-2-10(3-5-11)17(18)19/h2-9H,16H2,1H3/t9-/m1/s1. The normalized spacial score (nSPS) is 12.2. The van der Waals surface area contributed by atoms with Gasteiger partial charge in [0.15, 0.2) is 0 Å². The number of hydrogen-bond acceptors (Lipinski definition) is 4. The zero-order valence-electron chi connectivity index (χ0n) is 10.7. The van der Waals surface area contributed by atoms with E-state index in [1.165, 1.54) is 12.1 Å². The molecule has 0 aliphatic carbocycles. The Morgan fingerprint density at radius 3 is 2.30 bits per heavy atom. The van der Waals surface area contributed by atoms with Gasteiger partial charge in [0.2, 0.25) is 0 Å². The second-order valence-electron chi connectivity index (χ2n) is 4.33. The summed E-state index contributed by atoms with van der Waals surface area (Å²) in [5.74, 6) is 0. The van der Waals surface area contributed by atoms with Crippen molar-refractivity contribution in [3.63, 3.8) is 0 Å². The van der Waals surface area contributed by atoms with Crippen molar-refractivity contribution in [1.29, 1.82) is 0 Å². The first-order chi connectivity index (χ1) is 9.47. The lowest BCUT2D eigenvalue weighted by Gasteiger charge is -2.10. The molecule has 2 rings (SSSR count). The smallest absolute Gasteiger partial charge is 0.269 e. The fourth-order valence-corrected chi connectivity index (χ4v) is 3.46. The minimum Gasteiger partial charge on any atom is -0.324 e. The van der Waals surface area contributed by atoms with E-state index in [4.69, 9.17) is 5.73 Å². The summed E-state index contributed by atoms with van der Waals surface area (Å²) in [4.78, 5) is 12.2. The topological polar surface area (TPSA) is 69.2 Å². The highest BCUT2D eigenvalue weighted by Gasteiger charge is 2.08. The average Bonchev–Trinajstić information content (AvgIpc) is 2.39. The third kappa shape index (κ3) is 3.59. The van der Waals surface area contributed by atoms with Gasteiger partial charge in [-0.15, -0.1) is 0 Å². The predicted molar refractivity (Wildman–Crippen MR) is 84.0 cm³/mol. The van der Waals surface area contributed by atoms with Crippen LogP contribution in [-0.4, -0.2) is 4.92 Å². The molecule has 2 N–H and O–H groups in total. The van der Waals surface area contributed by atoms with Gasteiger partial charge in [-0.05, 0) is 36.8 Å². The summed E-state index contributed by atoms with van der Waals surface area (Å²) in [5.41, 5.74) is 7.02. The Kier molecular flexibility index (Phi) is 4.80. The maximum absolute atomic E-state index is 10.6. The van der Waals surface area contributed by atoms with Gasteiger partial charge < -0.3 is 5.73 Å². The fraction of sp³-hybridized carbons (Fsp3) is 0.143. The molecule has 0 amide bonds. The fourth-order valence-electron chi connectivity index (χ4n) is 1.71. The number of nitro groups is 1. The molecule has 0 saturated heterocycles. The number of halogens is 1. The first-order valence-corrected chi connectivity index (χ1v) is 7.55. The first-order valence-electron chi connectivity index (χ1n) is 5.94. The molecule has 0 fully saturated rings. The Morgan fingerprint density at radius 1 is 1.20 bits per heavy atom. The van der Waals surface area contributed by atoms with Gasteiger partial charge in [0.05, 0.1) is 4.92 Å². The molecule has 0 aliphatic heterocycles. The number of non-ortho nitro benzene ring substituents is 1. The number of nitrogens with zero attached hydrogens (tertiary/aromatic N) is 1. The van der Waals surface area contributed by atoms with E-state index in [-0.39, 0.29) is 11.7 Å². The van der Waals surface area contributed by atoms with Crippen LogP contribution >= 0.6 is 27.7 Å². The predicted octanol–water partition coefficient (Wildman–Crippen LogP) is 4.53. The van der Waals surface area contributed by atoms with E-state index in [0.717, 1.165) is 19.8 Å². The summed E-state index contributed by atoms with van der Waals surface area (Å²) >= 11 is 5.06. The third-order valence-corrected chi connectivity index (χ3v) is 4.43. The van der Waals surface area contributed by atoms with Crippen molar-refractivity contribution in [2.75, 3.05) is 0 Å². The Balaban J connectivity index is 2.17. The maximum Gasteiger partial charge on any atom is 0.269 e. The highest BCUT2D eigenvalue weighted by molar-refractivity contribution is 9.10. The van der Waals surface area contributed by atoms with Gasteiger partial charge in [0, 0.05) is 32.4 Å². The summed E-state index contributed by atoms with van der Waals surface area (Å²) in [6.45, 7) is 1.93. The van der Waals surface area contributed by atoms with E-state index in [1.807, 2.05) is 25.1 Å². The largest absolute Gasteiger partial charge is 0.324 e. The van der Waals surface area contributed by atoms with Crippen LogP contribution in [0, 0.1) is 10.1 Å². The summed E-state index contributed by atoms with van der Waals surface area (Å²) in [7, 11) is 0. The molecule has 0 saturated carbocycles. The summed E-state index contributed by atoms with van der Waals surface area (Å²) in [6.07, 6.45) is 0. The number of benzene rings is 2. The van der Waals surface area contributed by atoms with Crippen molar-refractivity contribution in [3.8, 4) is 0 Å². The Bertz CT molecular complexity index is 630. The highest BCUT2D eigenvalue weighted by atomic mass is 79.9. The SMILES string of the molecule is C[C@@H](N)c1ccc(Sc2ccc([N+](=O)[O-])cc2)cc1Br. The van der Waals surface area contributed by atoms with Crippen molar-refractivity contribution < 1.29 is 4.92 Å². The minimum absolute atomic E-state index is 0.0252. The second-order valence-corrected chi connectivity index (χ2v) is 6.33. The number of nitro benzene ring substituents is 1. The van der Waals surface area contributed by atoms with Crippen molar-refractivity contribution in [3.05, 3.63) is 62.6 Å². The lowest BCUT2D eigenvalue weighted by Crippen LogP contribution is -2.05. The quantitative estimate of drug-likeness (QED) is 0.648. The molecule has 6 heteroatoms. The van der Waals surface area contributed by atoms with Crippen LogP contribution in [-0.2, 0) is 0 Å². The Labute approximate surface area is 129 Å². The summed E-state index contributed by atoms with van der Waals surface area (Å²) < 4.78 is 0.972. The van der Waals surface area contributed by atoms with Crippen LogP contribution in [0.3, 0.4) is 0 Å². The van der Waals surface area contributed by atoms with Crippen LogP contribution in [0.2, 0.25) is 0 Å². The summed E-state index contributed by atoms with van der Waals surface area (Å²) in [6, 6.07) is 12.5. The lowest BCUT2D eigenvalue weighted by molar-refractivity contribution is -0.384. The second kappa shape index (κ2) is 6.39. The van der Waals surface area contributed by atoms with Gasteiger partial charge in [-0.25, -0.2) is 0 Å². The zero-order valence-corrected chi connectivity index (χ0v) is 13.1. The molecule has 2 aromatic carbocycles. The first kappa shape index (κ1) is 15.0. The minimum atomic E-state index is -0.400. The molecule has 0 unspecified atom stereocenters. The van der Waals surface area contributed by atoms with Crippen LogP contribution in [0.15, 0.2) is 56.7 Å². The molecular weight excluding hydrogens is 340 g/mol. The molecule has 0 heterocycles. The van der Waals surface area contributed by atoms with Gasteiger partial charge in [0.1, 0.15) is 0 Å². The Hall–Kier alpha value is -1.37. The van der Waals surface area contributed by atoms with E-state index < -0.39 is 4.92 Å². The molecular formula is C14H13BrN2O2S. The van der Waals surface area contributed by atoms with E-state index in [9.17, 15) is 10.1 Å². The number of hydrogen-bond donors (Lipinski definition) is 1. The molecule has 104 valence electrons. The van der Waals surface area contributed by atoms with Gasteiger partial charge in [-0.3, -0.25) is 10.1 Å². The molecule has 0 aromatic heterocycles. The van der Waals surface area contributed by atoms with Crippen LogP contribution in [0.1, 0.15) is 18.5 Å². The average molecular weight is 353 g/mol. The molecule has 2 aromatic rings. The molecule has 1 atom stereocenters. The zero-order chi connectivity index (χ0) is 14.7. The molecule has 0 bridgehead atoms. The molecule has 0 radical (unpaired) electrons. The molecule has 4 nitrogen and oxygen atoms in total.